The summed E-state index contributed by atoms with van der Waals surface area (Å²) in [6.07, 6.45) is 3.39. The molecule has 0 heterocycles. The van der Waals surface area contributed by atoms with Crippen molar-refractivity contribution in [3.8, 4) is 0 Å². The van der Waals surface area contributed by atoms with Crippen molar-refractivity contribution in [1.29, 1.82) is 0 Å². The molecule has 0 radical (unpaired) electrons. The van der Waals surface area contributed by atoms with E-state index >= 15 is 0 Å². The van der Waals surface area contributed by atoms with E-state index in [1.54, 1.807) is 6.92 Å². The van der Waals surface area contributed by atoms with Gasteiger partial charge in [-0.05, 0) is 37.0 Å². The number of Topliss-reactive ketones (excluding diaryl/α,β-unsaturated/α-hetero) is 1. The van der Waals surface area contributed by atoms with E-state index in [1.807, 2.05) is 0 Å². The van der Waals surface area contributed by atoms with Gasteiger partial charge in [0.25, 0.3) is 0 Å². The van der Waals surface area contributed by atoms with Crippen molar-refractivity contribution >= 4 is 5.78 Å². The fourth-order valence-electron chi connectivity index (χ4n) is 3.13. The minimum absolute atomic E-state index is 0.304. The zero-order valence-electron chi connectivity index (χ0n) is 9.61. The Kier molecular flexibility index (Phi) is 2.57. The minimum Gasteiger partial charge on any atom is -0.300 e. The zero-order valence-corrected chi connectivity index (χ0v) is 9.61. The zero-order chi connectivity index (χ0) is 10.3. The fourth-order valence-corrected chi connectivity index (χ4v) is 3.13. The maximum atomic E-state index is 11.4. The summed E-state index contributed by atoms with van der Waals surface area (Å²) in [7, 11) is 0. The molecule has 0 N–H and O–H groups in total. The van der Waals surface area contributed by atoms with Crippen LogP contribution < -0.4 is 0 Å². The molecule has 76 valence electrons. The third-order valence-corrected chi connectivity index (χ3v) is 3.13. The fraction of sp³-hybridized carbons (Fsp3) is 0.917. The van der Waals surface area contributed by atoms with Gasteiger partial charge in [-0.25, -0.2) is 0 Å². The molecule has 13 heavy (non-hydrogen) atoms. The lowest BCUT2D eigenvalue weighted by Crippen LogP contribution is -2.36. The minimum atomic E-state index is 0.304. The summed E-state index contributed by atoms with van der Waals surface area (Å²) >= 11 is 0. The van der Waals surface area contributed by atoms with E-state index in [4.69, 9.17) is 0 Å². The molecule has 1 nitrogen and oxygen atoms in total. The van der Waals surface area contributed by atoms with E-state index in [2.05, 4.69) is 27.7 Å². The smallest absolute Gasteiger partial charge is 0.132 e. The first-order valence-corrected chi connectivity index (χ1v) is 5.22. The third-order valence-electron chi connectivity index (χ3n) is 3.13. The normalized spacial score (nSPS) is 27.2. The van der Waals surface area contributed by atoms with E-state index < -0.39 is 0 Å². The molecule has 0 bridgehead atoms. The molecule has 0 atom stereocenters. The van der Waals surface area contributed by atoms with E-state index in [1.165, 1.54) is 6.42 Å². The Bertz CT molecular complexity index is 197. The summed E-state index contributed by atoms with van der Waals surface area (Å²) in [5.74, 6) is 0.680. The van der Waals surface area contributed by atoms with Crippen molar-refractivity contribution in [2.75, 3.05) is 0 Å². The lowest BCUT2D eigenvalue weighted by molar-refractivity contribution is -0.124. The second kappa shape index (κ2) is 3.11. The molecule has 0 saturated heterocycles. The number of ketones is 1. The highest BCUT2D eigenvalue weighted by molar-refractivity contribution is 5.78. The largest absolute Gasteiger partial charge is 0.300 e. The lowest BCUT2D eigenvalue weighted by atomic mass is 9.61. The highest BCUT2D eigenvalue weighted by Crippen LogP contribution is 2.48. The van der Waals surface area contributed by atoms with Crippen LogP contribution in [0.5, 0.6) is 0 Å². The molecule has 1 heteroatoms. The van der Waals surface area contributed by atoms with Crippen LogP contribution in [0.25, 0.3) is 0 Å². The van der Waals surface area contributed by atoms with Crippen LogP contribution in [0, 0.1) is 16.7 Å². The maximum absolute atomic E-state index is 11.4. The predicted octanol–water partition coefficient (Wildman–Crippen LogP) is 3.43. The van der Waals surface area contributed by atoms with Gasteiger partial charge in [-0.15, -0.1) is 0 Å². The summed E-state index contributed by atoms with van der Waals surface area (Å²) in [6, 6.07) is 0. The summed E-state index contributed by atoms with van der Waals surface area (Å²) in [5, 5.41) is 0. The molecule has 0 spiro atoms. The van der Waals surface area contributed by atoms with Crippen LogP contribution >= 0.6 is 0 Å². The molecule has 0 aliphatic heterocycles. The first kappa shape index (κ1) is 10.7. The van der Waals surface area contributed by atoms with E-state index in [0.29, 0.717) is 22.5 Å². The highest BCUT2D eigenvalue weighted by Gasteiger charge is 2.39. The van der Waals surface area contributed by atoms with Crippen molar-refractivity contribution in [3.05, 3.63) is 0 Å². The maximum Gasteiger partial charge on any atom is 0.132 e. The van der Waals surface area contributed by atoms with Crippen LogP contribution in [0.4, 0.5) is 0 Å². The van der Waals surface area contributed by atoms with Gasteiger partial charge < -0.3 is 0 Å². The molecule has 1 aliphatic rings. The Balaban J connectivity index is 2.78. The molecule has 1 rings (SSSR count). The average molecular weight is 182 g/mol. The first-order valence-electron chi connectivity index (χ1n) is 5.22. The Hall–Kier alpha value is -0.330. The monoisotopic (exact) mass is 182 g/mol. The number of hydrogen-bond donors (Lipinski definition) is 0. The van der Waals surface area contributed by atoms with Gasteiger partial charge in [0.05, 0.1) is 0 Å². The van der Waals surface area contributed by atoms with Gasteiger partial charge in [0.15, 0.2) is 0 Å². The quantitative estimate of drug-likeness (QED) is 0.607. The topological polar surface area (TPSA) is 17.1 Å². The van der Waals surface area contributed by atoms with E-state index in [9.17, 15) is 4.79 Å². The Morgan fingerprint density at radius 1 is 1.08 bits per heavy atom. The van der Waals surface area contributed by atoms with E-state index in [0.717, 1.165) is 12.8 Å². The van der Waals surface area contributed by atoms with Crippen LogP contribution in [0.3, 0.4) is 0 Å². The van der Waals surface area contributed by atoms with Gasteiger partial charge in [-0.3, -0.25) is 4.79 Å². The van der Waals surface area contributed by atoms with Gasteiger partial charge in [-0.2, -0.15) is 0 Å². The van der Waals surface area contributed by atoms with Gasteiger partial charge in [0, 0.05) is 5.92 Å². The van der Waals surface area contributed by atoms with Gasteiger partial charge in [-0.1, -0.05) is 27.7 Å². The van der Waals surface area contributed by atoms with Crippen LogP contribution in [0.2, 0.25) is 0 Å². The summed E-state index contributed by atoms with van der Waals surface area (Å²) in [5.41, 5.74) is 0.691. The molecule has 1 fully saturated rings. The molecule has 1 aliphatic carbocycles. The Morgan fingerprint density at radius 2 is 1.46 bits per heavy atom. The molecular weight excluding hydrogens is 160 g/mol. The molecule has 0 amide bonds. The summed E-state index contributed by atoms with van der Waals surface area (Å²) < 4.78 is 0. The second-order valence-electron chi connectivity index (χ2n) is 6.22. The number of rotatable bonds is 1. The molecular formula is C12H22O. The molecule has 0 aromatic carbocycles. The second-order valence-corrected chi connectivity index (χ2v) is 6.22. The number of carbonyl (C=O) groups is 1. The third kappa shape index (κ3) is 2.82. The van der Waals surface area contributed by atoms with Crippen molar-refractivity contribution in [2.45, 2.75) is 53.9 Å². The molecule has 0 aromatic rings. The van der Waals surface area contributed by atoms with Gasteiger partial charge in [0.2, 0.25) is 0 Å². The average Bonchev–Trinajstić information content (AvgIpc) is 1.79. The van der Waals surface area contributed by atoms with Crippen molar-refractivity contribution < 1.29 is 4.79 Å². The summed E-state index contributed by atoms with van der Waals surface area (Å²) in [4.78, 5) is 11.4. The van der Waals surface area contributed by atoms with Gasteiger partial charge >= 0.3 is 0 Å². The first-order chi connectivity index (χ1) is 5.72. The number of hydrogen-bond acceptors (Lipinski definition) is 1. The molecule has 0 aromatic heterocycles. The standard InChI is InChI=1S/C12H22O/c1-9(13)10-6-11(2,3)8-12(4,5)7-10/h10H,6-8H2,1-5H3. The van der Waals surface area contributed by atoms with Crippen LogP contribution in [0.15, 0.2) is 0 Å². The van der Waals surface area contributed by atoms with Gasteiger partial charge in [0.1, 0.15) is 5.78 Å². The van der Waals surface area contributed by atoms with Crippen molar-refractivity contribution in [3.63, 3.8) is 0 Å². The summed E-state index contributed by atoms with van der Waals surface area (Å²) in [6.45, 7) is 10.9. The van der Waals surface area contributed by atoms with Crippen molar-refractivity contribution in [2.24, 2.45) is 16.7 Å². The van der Waals surface area contributed by atoms with Crippen LogP contribution in [-0.2, 0) is 4.79 Å². The van der Waals surface area contributed by atoms with Crippen LogP contribution in [-0.4, -0.2) is 5.78 Å². The predicted molar refractivity (Wildman–Crippen MR) is 55.6 cm³/mol. The molecule has 0 unspecified atom stereocenters. The Labute approximate surface area is 81.9 Å². The number of carbonyl (C=O) groups excluding carboxylic acids is 1. The lowest BCUT2D eigenvalue weighted by Gasteiger charge is -2.44. The SMILES string of the molecule is CC(=O)C1CC(C)(C)CC(C)(C)C1. The molecule has 1 saturated carbocycles. The Morgan fingerprint density at radius 3 is 1.77 bits per heavy atom. The van der Waals surface area contributed by atoms with E-state index in [-0.39, 0.29) is 0 Å². The highest BCUT2D eigenvalue weighted by atomic mass is 16.1. The van der Waals surface area contributed by atoms with Crippen molar-refractivity contribution in [1.82, 2.24) is 0 Å². The van der Waals surface area contributed by atoms with Crippen LogP contribution in [0.1, 0.15) is 53.9 Å².